The van der Waals surface area contributed by atoms with Crippen molar-refractivity contribution < 1.29 is 22.7 Å². The molecule has 2 aromatic carbocycles. The average Bonchev–Trinajstić information content (AvgIpc) is 2.79. The van der Waals surface area contributed by atoms with Crippen LogP contribution in [-0.4, -0.2) is 44.2 Å². The Kier molecular flexibility index (Phi) is 6.21. The number of hydrogen-bond donors (Lipinski definition) is 2. The van der Waals surface area contributed by atoms with Gasteiger partial charge in [0.2, 0.25) is 15.9 Å². The monoisotopic (exact) mass is 457 g/mol. The number of sulfonamides is 1. The summed E-state index contributed by atoms with van der Waals surface area (Å²) in [5, 5.41) is 5.54. The zero-order valence-corrected chi connectivity index (χ0v) is 18.9. The molecule has 2 heterocycles. The molecule has 1 atom stereocenters. The highest BCUT2D eigenvalue weighted by molar-refractivity contribution is 7.89. The normalized spacial score (nSPS) is 19.1. The minimum Gasteiger partial charge on any atom is -0.482 e. The van der Waals surface area contributed by atoms with E-state index in [1.165, 1.54) is 28.1 Å². The average molecular weight is 458 g/mol. The molecule has 0 unspecified atom stereocenters. The Morgan fingerprint density at radius 2 is 1.94 bits per heavy atom. The van der Waals surface area contributed by atoms with Crippen molar-refractivity contribution in [1.29, 1.82) is 0 Å². The lowest BCUT2D eigenvalue weighted by molar-refractivity contribution is -0.121. The minimum absolute atomic E-state index is 0.0624. The van der Waals surface area contributed by atoms with Crippen molar-refractivity contribution in [1.82, 2.24) is 4.31 Å². The second-order valence-corrected chi connectivity index (χ2v) is 10.4. The highest BCUT2D eigenvalue weighted by atomic mass is 32.2. The van der Waals surface area contributed by atoms with Crippen LogP contribution in [0.2, 0.25) is 0 Å². The summed E-state index contributed by atoms with van der Waals surface area (Å²) in [4.78, 5) is 24.5. The van der Waals surface area contributed by atoms with Gasteiger partial charge in [-0.25, -0.2) is 8.42 Å². The van der Waals surface area contributed by atoms with Crippen molar-refractivity contribution in [3.05, 3.63) is 48.0 Å². The number of nitrogens with zero attached hydrogens (tertiary/aromatic N) is 1. The van der Waals surface area contributed by atoms with Gasteiger partial charge in [-0.2, -0.15) is 4.31 Å². The molecule has 0 aliphatic carbocycles. The van der Waals surface area contributed by atoms with Crippen LogP contribution in [0.1, 0.15) is 38.2 Å². The molecule has 0 spiro atoms. The smallest absolute Gasteiger partial charge is 0.262 e. The van der Waals surface area contributed by atoms with E-state index in [4.69, 9.17) is 4.74 Å². The summed E-state index contributed by atoms with van der Waals surface area (Å²) in [7, 11) is -3.82. The molecule has 2 aliphatic heterocycles. The van der Waals surface area contributed by atoms with Crippen molar-refractivity contribution in [2.24, 2.45) is 5.92 Å². The van der Waals surface area contributed by atoms with Gasteiger partial charge in [0.25, 0.3) is 5.91 Å². The molecular weight excluding hydrogens is 430 g/mol. The summed E-state index contributed by atoms with van der Waals surface area (Å²) in [5.41, 5.74) is 2.22. The molecule has 2 aliphatic rings. The fourth-order valence-corrected chi connectivity index (χ4v) is 5.49. The molecule has 0 saturated carbocycles. The summed E-state index contributed by atoms with van der Waals surface area (Å²) in [6.45, 7) is 4.57. The Labute approximate surface area is 188 Å². The van der Waals surface area contributed by atoms with Gasteiger partial charge >= 0.3 is 0 Å². The largest absolute Gasteiger partial charge is 0.482 e. The van der Waals surface area contributed by atoms with Crippen molar-refractivity contribution >= 4 is 33.2 Å². The first-order chi connectivity index (χ1) is 15.2. The predicted molar refractivity (Wildman–Crippen MR) is 121 cm³/mol. The number of piperidine rings is 1. The van der Waals surface area contributed by atoms with Crippen LogP contribution >= 0.6 is 0 Å². The first-order valence-electron chi connectivity index (χ1n) is 10.7. The molecule has 0 radical (unpaired) electrons. The molecule has 0 aromatic heterocycles. The van der Waals surface area contributed by atoms with Gasteiger partial charge < -0.3 is 15.4 Å². The molecule has 1 fully saturated rings. The van der Waals surface area contributed by atoms with Crippen LogP contribution in [0.15, 0.2) is 47.4 Å². The predicted octanol–water partition coefficient (Wildman–Crippen LogP) is 3.18. The van der Waals surface area contributed by atoms with Crippen molar-refractivity contribution in [3.8, 4) is 5.75 Å². The SMILES string of the molecule is CC(C)c1ccc(NC(=O)[C@@H]2CCCN(S(=O)(=O)c3ccc4c(c3)NC(=O)CO4)C2)cc1. The van der Waals surface area contributed by atoms with E-state index in [-0.39, 0.29) is 29.9 Å². The Balaban J connectivity index is 1.46. The second kappa shape index (κ2) is 8.91. The molecule has 170 valence electrons. The van der Waals surface area contributed by atoms with Crippen LogP contribution in [0.4, 0.5) is 11.4 Å². The Bertz CT molecular complexity index is 1130. The number of benzene rings is 2. The van der Waals surface area contributed by atoms with E-state index in [1.807, 2.05) is 24.3 Å². The molecule has 2 N–H and O–H groups in total. The Morgan fingerprint density at radius 3 is 2.66 bits per heavy atom. The third kappa shape index (κ3) is 4.63. The first kappa shape index (κ1) is 22.3. The number of hydrogen-bond acceptors (Lipinski definition) is 5. The van der Waals surface area contributed by atoms with Gasteiger partial charge in [-0.3, -0.25) is 9.59 Å². The molecule has 1 saturated heterocycles. The second-order valence-electron chi connectivity index (χ2n) is 8.46. The topological polar surface area (TPSA) is 105 Å². The lowest BCUT2D eigenvalue weighted by atomic mass is 9.98. The fourth-order valence-electron chi connectivity index (χ4n) is 3.94. The van der Waals surface area contributed by atoms with E-state index >= 15 is 0 Å². The van der Waals surface area contributed by atoms with E-state index in [1.54, 1.807) is 0 Å². The van der Waals surface area contributed by atoms with E-state index in [2.05, 4.69) is 24.5 Å². The molecule has 8 nitrogen and oxygen atoms in total. The lowest BCUT2D eigenvalue weighted by Crippen LogP contribution is -2.43. The third-order valence-corrected chi connectivity index (χ3v) is 7.68. The van der Waals surface area contributed by atoms with Gasteiger partial charge in [0, 0.05) is 18.8 Å². The standard InChI is InChI=1S/C23H27N3O5S/c1-15(2)16-5-7-18(8-6-16)24-23(28)17-4-3-11-26(13-17)32(29,30)19-9-10-21-20(12-19)25-22(27)14-31-21/h5-10,12,15,17H,3-4,11,13-14H2,1-2H3,(H,24,28)(H,25,27)/t17-/m1/s1. The Morgan fingerprint density at radius 1 is 1.19 bits per heavy atom. The highest BCUT2D eigenvalue weighted by Crippen LogP contribution is 2.32. The maximum Gasteiger partial charge on any atom is 0.262 e. The molecule has 9 heteroatoms. The number of carbonyl (C=O) groups is 2. The molecule has 2 amide bonds. The Hall–Kier alpha value is -2.91. The number of fused-ring (bicyclic) bond motifs is 1. The van der Waals surface area contributed by atoms with Gasteiger partial charge in [-0.15, -0.1) is 0 Å². The zero-order chi connectivity index (χ0) is 22.9. The number of anilines is 2. The summed E-state index contributed by atoms with van der Waals surface area (Å²) in [5.74, 6) is -0.122. The van der Waals surface area contributed by atoms with Gasteiger partial charge in [0.05, 0.1) is 16.5 Å². The van der Waals surface area contributed by atoms with Crippen molar-refractivity contribution in [2.45, 2.75) is 37.5 Å². The van der Waals surface area contributed by atoms with Crippen LogP contribution in [0.3, 0.4) is 0 Å². The number of rotatable bonds is 5. The van der Waals surface area contributed by atoms with Crippen molar-refractivity contribution in [3.63, 3.8) is 0 Å². The van der Waals surface area contributed by atoms with E-state index in [0.29, 0.717) is 42.4 Å². The maximum absolute atomic E-state index is 13.2. The summed E-state index contributed by atoms with van der Waals surface area (Å²) in [6.07, 6.45) is 1.21. The van der Waals surface area contributed by atoms with Gasteiger partial charge in [-0.05, 0) is 54.7 Å². The number of ether oxygens (including phenoxy) is 1. The quantitative estimate of drug-likeness (QED) is 0.718. The van der Waals surface area contributed by atoms with Crippen LogP contribution < -0.4 is 15.4 Å². The fraction of sp³-hybridized carbons (Fsp3) is 0.391. The van der Waals surface area contributed by atoms with Gasteiger partial charge in [0.1, 0.15) is 5.75 Å². The summed E-state index contributed by atoms with van der Waals surface area (Å²) >= 11 is 0. The maximum atomic E-state index is 13.2. The summed E-state index contributed by atoms with van der Waals surface area (Å²) in [6, 6.07) is 12.1. The number of amides is 2. The minimum atomic E-state index is -3.82. The number of nitrogens with one attached hydrogen (secondary N) is 2. The number of carbonyl (C=O) groups excluding carboxylic acids is 2. The molecule has 4 rings (SSSR count). The molecule has 32 heavy (non-hydrogen) atoms. The first-order valence-corrected chi connectivity index (χ1v) is 12.2. The highest BCUT2D eigenvalue weighted by Gasteiger charge is 2.34. The van der Waals surface area contributed by atoms with E-state index in [9.17, 15) is 18.0 Å². The van der Waals surface area contributed by atoms with Crippen LogP contribution in [0, 0.1) is 5.92 Å². The van der Waals surface area contributed by atoms with E-state index < -0.39 is 15.9 Å². The molecule has 2 aromatic rings. The molecule has 0 bridgehead atoms. The van der Waals surface area contributed by atoms with Crippen molar-refractivity contribution in [2.75, 3.05) is 30.3 Å². The van der Waals surface area contributed by atoms with Gasteiger partial charge in [0.15, 0.2) is 6.61 Å². The van der Waals surface area contributed by atoms with E-state index in [0.717, 1.165) is 0 Å². The van der Waals surface area contributed by atoms with Gasteiger partial charge in [-0.1, -0.05) is 26.0 Å². The van der Waals surface area contributed by atoms with Crippen LogP contribution in [-0.2, 0) is 19.6 Å². The third-order valence-electron chi connectivity index (χ3n) is 5.82. The van der Waals surface area contributed by atoms with Crippen LogP contribution in [0.25, 0.3) is 0 Å². The van der Waals surface area contributed by atoms with Crippen LogP contribution in [0.5, 0.6) is 5.75 Å². The lowest BCUT2D eigenvalue weighted by Gasteiger charge is -2.31. The summed E-state index contributed by atoms with van der Waals surface area (Å²) < 4.78 is 33.1. The molecular formula is C23H27N3O5S. The zero-order valence-electron chi connectivity index (χ0n) is 18.1.